The van der Waals surface area contributed by atoms with Crippen LogP contribution in [-0.2, 0) is 0 Å². The second kappa shape index (κ2) is 3.52. The lowest BCUT2D eigenvalue weighted by Crippen LogP contribution is -2.18. The summed E-state index contributed by atoms with van der Waals surface area (Å²) in [7, 11) is 0. The van der Waals surface area contributed by atoms with E-state index in [4.69, 9.17) is 0 Å². The molecule has 4 heteroatoms. The number of hydrogen-bond acceptors (Lipinski definition) is 1. The summed E-state index contributed by atoms with van der Waals surface area (Å²) in [5.41, 5.74) is 1.93. The molecule has 0 aliphatic heterocycles. The second-order valence-electron chi connectivity index (χ2n) is 3.28. The molecular weight excluding hydrogens is 193 g/mol. The summed E-state index contributed by atoms with van der Waals surface area (Å²) < 4.78 is 39.9. The molecule has 0 amide bonds. The van der Waals surface area contributed by atoms with E-state index in [2.05, 4.69) is 4.74 Å². The lowest BCUT2D eigenvalue weighted by Gasteiger charge is -2.14. The second-order valence-corrected chi connectivity index (χ2v) is 3.28. The molecule has 0 spiro atoms. The average molecular weight is 204 g/mol. The molecule has 14 heavy (non-hydrogen) atoms. The summed E-state index contributed by atoms with van der Waals surface area (Å²) in [5.74, 6) is -0.0944. The van der Waals surface area contributed by atoms with Crippen molar-refractivity contribution in [3.05, 3.63) is 28.8 Å². The number of hydrogen-bond donors (Lipinski definition) is 0. The molecule has 0 bridgehead atoms. The molecule has 1 nitrogen and oxygen atoms in total. The van der Waals surface area contributed by atoms with Crippen LogP contribution >= 0.6 is 0 Å². The normalized spacial score (nSPS) is 11.6. The minimum absolute atomic E-state index is 0.0944. The maximum Gasteiger partial charge on any atom is 0.573 e. The Morgan fingerprint density at radius 1 is 1.00 bits per heavy atom. The number of ether oxygens (including phenoxy) is 1. The van der Waals surface area contributed by atoms with Gasteiger partial charge < -0.3 is 4.74 Å². The number of benzene rings is 1. The first-order valence-corrected chi connectivity index (χ1v) is 4.13. The summed E-state index contributed by atoms with van der Waals surface area (Å²) in [6, 6.07) is 3.32. The molecule has 78 valence electrons. The van der Waals surface area contributed by atoms with Crippen LogP contribution in [-0.4, -0.2) is 6.36 Å². The number of rotatable bonds is 1. The Morgan fingerprint density at radius 3 is 1.79 bits per heavy atom. The van der Waals surface area contributed by atoms with E-state index in [0.717, 1.165) is 5.56 Å². The van der Waals surface area contributed by atoms with Gasteiger partial charge in [0.1, 0.15) is 5.75 Å². The van der Waals surface area contributed by atoms with Crippen molar-refractivity contribution in [2.45, 2.75) is 27.1 Å². The molecule has 1 rings (SSSR count). The van der Waals surface area contributed by atoms with Gasteiger partial charge in [-0.3, -0.25) is 0 Å². The van der Waals surface area contributed by atoms with Gasteiger partial charge in [0.05, 0.1) is 0 Å². The molecule has 0 unspecified atom stereocenters. The van der Waals surface area contributed by atoms with Gasteiger partial charge in [-0.15, -0.1) is 13.2 Å². The average Bonchev–Trinajstić information content (AvgIpc) is 1.95. The van der Waals surface area contributed by atoms with Gasteiger partial charge in [-0.05, 0) is 31.9 Å². The Hall–Kier alpha value is -1.19. The molecule has 0 saturated heterocycles. The van der Waals surface area contributed by atoms with Crippen LogP contribution in [0.4, 0.5) is 13.2 Å². The summed E-state index contributed by atoms with van der Waals surface area (Å²) in [5, 5.41) is 0. The fraction of sp³-hybridized carbons (Fsp3) is 0.400. The van der Waals surface area contributed by atoms with E-state index in [-0.39, 0.29) is 5.75 Å². The predicted octanol–water partition coefficient (Wildman–Crippen LogP) is 3.51. The Morgan fingerprint density at radius 2 is 1.43 bits per heavy atom. The van der Waals surface area contributed by atoms with Crippen LogP contribution in [0.5, 0.6) is 5.75 Å². The van der Waals surface area contributed by atoms with Crippen molar-refractivity contribution >= 4 is 0 Å². The van der Waals surface area contributed by atoms with Gasteiger partial charge >= 0.3 is 6.36 Å². The van der Waals surface area contributed by atoms with Crippen LogP contribution in [0.25, 0.3) is 0 Å². The largest absolute Gasteiger partial charge is 0.573 e. The zero-order valence-corrected chi connectivity index (χ0v) is 8.20. The van der Waals surface area contributed by atoms with E-state index < -0.39 is 6.36 Å². The lowest BCUT2D eigenvalue weighted by molar-refractivity contribution is -0.275. The number of halogens is 3. The van der Waals surface area contributed by atoms with Crippen LogP contribution in [0.15, 0.2) is 12.1 Å². The molecular formula is C10H11F3O. The lowest BCUT2D eigenvalue weighted by atomic mass is 10.1. The van der Waals surface area contributed by atoms with Crippen LogP contribution < -0.4 is 4.74 Å². The molecule has 0 aromatic heterocycles. The monoisotopic (exact) mass is 204 g/mol. The highest BCUT2D eigenvalue weighted by Gasteiger charge is 2.32. The molecule has 0 saturated carbocycles. The van der Waals surface area contributed by atoms with Gasteiger partial charge in [0.2, 0.25) is 0 Å². The number of alkyl halides is 3. The smallest absolute Gasteiger partial charge is 0.405 e. The highest BCUT2D eigenvalue weighted by atomic mass is 19.4. The third-order valence-corrected chi connectivity index (χ3v) is 1.82. The van der Waals surface area contributed by atoms with Crippen molar-refractivity contribution in [1.82, 2.24) is 0 Å². The van der Waals surface area contributed by atoms with E-state index in [0.29, 0.717) is 11.1 Å². The summed E-state index contributed by atoms with van der Waals surface area (Å²) in [6.45, 7) is 5.03. The summed E-state index contributed by atoms with van der Waals surface area (Å²) in [4.78, 5) is 0. The zero-order chi connectivity index (χ0) is 10.9. The molecule has 0 fully saturated rings. The van der Waals surface area contributed by atoms with Crippen molar-refractivity contribution in [1.29, 1.82) is 0 Å². The first kappa shape index (κ1) is 10.9. The van der Waals surface area contributed by atoms with Gasteiger partial charge in [0, 0.05) is 0 Å². The maximum atomic E-state index is 12.0. The van der Waals surface area contributed by atoms with E-state index in [9.17, 15) is 13.2 Å². The van der Waals surface area contributed by atoms with Crippen LogP contribution in [0.3, 0.4) is 0 Å². The van der Waals surface area contributed by atoms with Gasteiger partial charge in [-0.2, -0.15) is 0 Å². The van der Waals surface area contributed by atoms with Crippen LogP contribution in [0.2, 0.25) is 0 Å². The van der Waals surface area contributed by atoms with Gasteiger partial charge in [0.25, 0.3) is 0 Å². The van der Waals surface area contributed by atoms with Crippen LogP contribution in [0.1, 0.15) is 16.7 Å². The molecule has 0 atom stereocenters. The fourth-order valence-corrected chi connectivity index (χ4v) is 1.44. The van der Waals surface area contributed by atoms with Crippen molar-refractivity contribution in [2.24, 2.45) is 0 Å². The minimum atomic E-state index is -4.62. The summed E-state index contributed by atoms with van der Waals surface area (Å²) >= 11 is 0. The molecule has 0 heterocycles. The van der Waals surface area contributed by atoms with Gasteiger partial charge in [-0.25, -0.2) is 0 Å². The Kier molecular flexibility index (Phi) is 2.73. The van der Waals surface area contributed by atoms with Gasteiger partial charge in [0.15, 0.2) is 0 Å². The van der Waals surface area contributed by atoms with E-state index in [1.54, 1.807) is 26.0 Å². The topological polar surface area (TPSA) is 9.23 Å². The van der Waals surface area contributed by atoms with Crippen LogP contribution in [0, 0.1) is 20.8 Å². The molecule has 1 aromatic rings. The van der Waals surface area contributed by atoms with E-state index in [1.165, 1.54) is 0 Å². The van der Waals surface area contributed by atoms with E-state index in [1.807, 2.05) is 6.92 Å². The SMILES string of the molecule is Cc1cc(C)c(OC(F)(F)F)c(C)c1. The standard InChI is InChI=1S/C10H11F3O/c1-6-4-7(2)9(8(3)5-6)14-10(11,12)13/h4-5H,1-3H3. The van der Waals surface area contributed by atoms with Gasteiger partial charge in [-0.1, -0.05) is 17.7 Å². The van der Waals surface area contributed by atoms with E-state index >= 15 is 0 Å². The molecule has 0 radical (unpaired) electrons. The first-order chi connectivity index (χ1) is 6.29. The Balaban J connectivity index is 3.09. The molecule has 0 N–H and O–H groups in total. The van der Waals surface area contributed by atoms with Crippen molar-refractivity contribution in [3.63, 3.8) is 0 Å². The minimum Gasteiger partial charge on any atom is -0.405 e. The van der Waals surface area contributed by atoms with Crippen molar-refractivity contribution < 1.29 is 17.9 Å². The van der Waals surface area contributed by atoms with Crippen molar-refractivity contribution in [2.75, 3.05) is 0 Å². The quantitative estimate of drug-likeness (QED) is 0.680. The first-order valence-electron chi connectivity index (χ1n) is 4.13. The summed E-state index contributed by atoms with van der Waals surface area (Å²) in [6.07, 6.45) is -4.62. The predicted molar refractivity (Wildman–Crippen MR) is 47.3 cm³/mol. The molecule has 1 aromatic carbocycles. The molecule has 0 aliphatic rings. The Bertz CT molecular complexity index is 319. The Labute approximate surface area is 80.5 Å². The third-order valence-electron chi connectivity index (χ3n) is 1.82. The molecule has 0 aliphatic carbocycles. The maximum absolute atomic E-state index is 12.0. The highest BCUT2D eigenvalue weighted by Crippen LogP contribution is 2.30. The zero-order valence-electron chi connectivity index (χ0n) is 8.20. The number of aryl methyl sites for hydroxylation is 3. The van der Waals surface area contributed by atoms with Crippen molar-refractivity contribution in [3.8, 4) is 5.75 Å². The highest BCUT2D eigenvalue weighted by molar-refractivity contribution is 5.42. The third kappa shape index (κ3) is 2.65. The fourth-order valence-electron chi connectivity index (χ4n) is 1.44.